The molecule has 0 amide bonds. The van der Waals surface area contributed by atoms with E-state index in [-0.39, 0.29) is 0 Å². The second-order valence-corrected chi connectivity index (χ2v) is 3.02. The molecule has 0 N–H and O–H groups in total. The molecule has 0 atom stereocenters. The molecule has 0 radical (unpaired) electrons. The summed E-state index contributed by atoms with van der Waals surface area (Å²) < 4.78 is 1.79. The van der Waals surface area contributed by atoms with Gasteiger partial charge in [0.15, 0.2) is 0 Å². The van der Waals surface area contributed by atoms with Gasteiger partial charge in [0.05, 0.1) is 0 Å². The van der Waals surface area contributed by atoms with Crippen LogP contribution in [0.15, 0.2) is 36.7 Å². The van der Waals surface area contributed by atoms with E-state index in [1.165, 1.54) is 0 Å². The van der Waals surface area contributed by atoms with Crippen molar-refractivity contribution in [1.82, 2.24) is 9.55 Å². The van der Waals surface area contributed by atoms with Crippen molar-refractivity contribution < 1.29 is 0 Å². The van der Waals surface area contributed by atoms with E-state index in [0.29, 0.717) is 5.69 Å². The summed E-state index contributed by atoms with van der Waals surface area (Å²) >= 11 is 0. The lowest BCUT2D eigenvalue weighted by Gasteiger charge is -2.05. The molecule has 3 nitrogen and oxygen atoms in total. The predicted molar refractivity (Wildman–Crippen MR) is 53.0 cm³/mol. The molecular weight excluding hydrogens is 174 g/mol. The highest BCUT2D eigenvalue weighted by Crippen LogP contribution is 2.12. The summed E-state index contributed by atoms with van der Waals surface area (Å²) in [6.45, 7) is 1.98. The van der Waals surface area contributed by atoms with Gasteiger partial charge in [0.1, 0.15) is 17.6 Å². The average Bonchev–Trinajstić information content (AvgIpc) is 2.66. The molecule has 0 aliphatic carbocycles. The number of hydrogen-bond acceptors (Lipinski definition) is 2. The Labute approximate surface area is 82.2 Å². The monoisotopic (exact) mass is 183 g/mol. The first-order valence-corrected chi connectivity index (χ1v) is 4.32. The van der Waals surface area contributed by atoms with E-state index >= 15 is 0 Å². The summed E-state index contributed by atoms with van der Waals surface area (Å²) in [5.74, 6) is 0.814. The van der Waals surface area contributed by atoms with Crippen LogP contribution < -0.4 is 0 Å². The van der Waals surface area contributed by atoms with Gasteiger partial charge in [-0.3, -0.25) is 4.57 Å². The third-order valence-electron chi connectivity index (χ3n) is 2.07. The van der Waals surface area contributed by atoms with Crippen LogP contribution in [0.5, 0.6) is 0 Å². The van der Waals surface area contributed by atoms with E-state index < -0.39 is 0 Å². The SMILES string of the molecule is Cc1cccnc1-n1cccc1C#N. The van der Waals surface area contributed by atoms with Gasteiger partial charge in [-0.25, -0.2) is 4.98 Å². The van der Waals surface area contributed by atoms with Crippen molar-refractivity contribution in [2.45, 2.75) is 6.92 Å². The largest absolute Gasteiger partial charge is 0.292 e. The van der Waals surface area contributed by atoms with Crippen molar-refractivity contribution in [3.05, 3.63) is 47.9 Å². The number of aryl methyl sites for hydroxylation is 1. The average molecular weight is 183 g/mol. The smallest absolute Gasteiger partial charge is 0.140 e. The zero-order chi connectivity index (χ0) is 9.97. The van der Waals surface area contributed by atoms with Crippen LogP contribution >= 0.6 is 0 Å². The quantitative estimate of drug-likeness (QED) is 0.679. The van der Waals surface area contributed by atoms with Crippen LogP contribution in [0.3, 0.4) is 0 Å². The van der Waals surface area contributed by atoms with Crippen LogP contribution in [0.2, 0.25) is 0 Å². The van der Waals surface area contributed by atoms with E-state index in [2.05, 4.69) is 11.1 Å². The van der Waals surface area contributed by atoms with Crippen LogP contribution in [-0.2, 0) is 0 Å². The van der Waals surface area contributed by atoms with Gasteiger partial charge in [0, 0.05) is 12.4 Å². The van der Waals surface area contributed by atoms with Gasteiger partial charge < -0.3 is 0 Å². The first kappa shape index (κ1) is 8.52. The molecule has 68 valence electrons. The lowest BCUT2D eigenvalue weighted by molar-refractivity contribution is 0.971. The molecule has 0 bridgehead atoms. The van der Waals surface area contributed by atoms with E-state index in [1.54, 1.807) is 16.8 Å². The van der Waals surface area contributed by atoms with Crippen LogP contribution in [0.25, 0.3) is 5.82 Å². The number of nitrogens with zero attached hydrogens (tertiary/aromatic N) is 3. The molecule has 0 aliphatic heterocycles. The van der Waals surface area contributed by atoms with Crippen molar-refractivity contribution in [3.63, 3.8) is 0 Å². The first-order chi connectivity index (χ1) is 6.83. The lowest BCUT2D eigenvalue weighted by Crippen LogP contribution is -2.00. The summed E-state index contributed by atoms with van der Waals surface area (Å²) in [5.41, 5.74) is 1.66. The standard InChI is InChI=1S/C11H9N3/c1-9-4-2-6-13-11(9)14-7-3-5-10(14)8-12/h2-7H,1H3. The summed E-state index contributed by atoms with van der Waals surface area (Å²) in [6.07, 6.45) is 3.57. The number of pyridine rings is 1. The highest BCUT2D eigenvalue weighted by atomic mass is 15.1. The van der Waals surface area contributed by atoms with E-state index in [9.17, 15) is 0 Å². The molecule has 0 fully saturated rings. The Morgan fingerprint density at radius 3 is 2.93 bits per heavy atom. The molecule has 0 aromatic carbocycles. The van der Waals surface area contributed by atoms with E-state index in [4.69, 9.17) is 5.26 Å². The maximum atomic E-state index is 8.86. The summed E-state index contributed by atoms with van der Waals surface area (Å²) in [6, 6.07) is 9.60. The second-order valence-electron chi connectivity index (χ2n) is 3.02. The molecule has 14 heavy (non-hydrogen) atoms. The molecule has 0 saturated carbocycles. The molecular formula is C11H9N3. The van der Waals surface area contributed by atoms with Crippen LogP contribution in [0.4, 0.5) is 0 Å². The van der Waals surface area contributed by atoms with Crippen LogP contribution in [0.1, 0.15) is 11.3 Å². The number of nitriles is 1. The van der Waals surface area contributed by atoms with Crippen molar-refractivity contribution in [2.24, 2.45) is 0 Å². The van der Waals surface area contributed by atoms with Crippen LogP contribution in [-0.4, -0.2) is 9.55 Å². The molecule has 0 saturated heterocycles. The molecule has 2 aromatic rings. The minimum Gasteiger partial charge on any atom is -0.292 e. The summed E-state index contributed by atoms with van der Waals surface area (Å²) in [4.78, 5) is 4.24. The first-order valence-electron chi connectivity index (χ1n) is 4.32. The number of hydrogen-bond donors (Lipinski definition) is 0. The van der Waals surface area contributed by atoms with Crippen molar-refractivity contribution in [1.29, 1.82) is 5.26 Å². The Morgan fingerprint density at radius 1 is 1.36 bits per heavy atom. The second kappa shape index (κ2) is 3.35. The van der Waals surface area contributed by atoms with E-state index in [0.717, 1.165) is 11.4 Å². The fraction of sp³-hybridized carbons (Fsp3) is 0.0909. The maximum absolute atomic E-state index is 8.86. The minimum atomic E-state index is 0.604. The molecule has 2 heterocycles. The number of rotatable bonds is 1. The van der Waals surface area contributed by atoms with Gasteiger partial charge in [0.2, 0.25) is 0 Å². The van der Waals surface area contributed by atoms with Gasteiger partial charge in [0.25, 0.3) is 0 Å². The highest BCUT2D eigenvalue weighted by molar-refractivity contribution is 5.38. The van der Waals surface area contributed by atoms with Crippen molar-refractivity contribution in [2.75, 3.05) is 0 Å². The Morgan fingerprint density at radius 2 is 2.21 bits per heavy atom. The van der Waals surface area contributed by atoms with E-state index in [1.807, 2.05) is 31.3 Å². The Kier molecular flexibility index (Phi) is 2.04. The Bertz CT molecular complexity index is 491. The molecule has 0 unspecified atom stereocenters. The van der Waals surface area contributed by atoms with Gasteiger partial charge in [-0.05, 0) is 30.7 Å². The molecule has 2 aromatic heterocycles. The Hall–Kier alpha value is -2.08. The van der Waals surface area contributed by atoms with Crippen molar-refractivity contribution in [3.8, 4) is 11.9 Å². The lowest BCUT2D eigenvalue weighted by atomic mass is 10.3. The Balaban J connectivity index is 2.62. The third-order valence-corrected chi connectivity index (χ3v) is 2.07. The minimum absolute atomic E-state index is 0.604. The normalized spacial score (nSPS) is 9.71. The van der Waals surface area contributed by atoms with Gasteiger partial charge >= 0.3 is 0 Å². The topological polar surface area (TPSA) is 41.6 Å². The summed E-state index contributed by atoms with van der Waals surface area (Å²) in [7, 11) is 0. The van der Waals surface area contributed by atoms with Gasteiger partial charge in [-0.2, -0.15) is 5.26 Å². The predicted octanol–water partition coefficient (Wildman–Crippen LogP) is 2.05. The zero-order valence-electron chi connectivity index (χ0n) is 7.81. The van der Waals surface area contributed by atoms with Gasteiger partial charge in [-0.1, -0.05) is 6.07 Å². The molecule has 2 rings (SSSR count). The highest BCUT2D eigenvalue weighted by Gasteiger charge is 2.04. The third kappa shape index (κ3) is 1.27. The van der Waals surface area contributed by atoms with Crippen molar-refractivity contribution >= 4 is 0 Å². The van der Waals surface area contributed by atoms with Crippen LogP contribution in [0, 0.1) is 18.3 Å². The fourth-order valence-corrected chi connectivity index (χ4v) is 1.39. The maximum Gasteiger partial charge on any atom is 0.140 e. The van der Waals surface area contributed by atoms with Gasteiger partial charge in [-0.15, -0.1) is 0 Å². The molecule has 3 heteroatoms. The molecule has 0 aliphatic rings. The summed E-state index contributed by atoms with van der Waals surface area (Å²) in [5, 5.41) is 8.86. The molecule has 0 spiro atoms. The zero-order valence-corrected chi connectivity index (χ0v) is 7.81. The fourth-order valence-electron chi connectivity index (χ4n) is 1.39. The number of aromatic nitrogens is 2.